The molecule has 0 aromatic heterocycles. The zero-order valence-electron chi connectivity index (χ0n) is 6.21. The van der Waals surface area contributed by atoms with Crippen molar-refractivity contribution in [1.29, 1.82) is 0 Å². The van der Waals surface area contributed by atoms with Gasteiger partial charge in [-0.25, -0.2) is 4.21 Å². The number of benzene rings is 1. The smallest absolute Gasteiger partial charge is 0.186 e. The van der Waals surface area contributed by atoms with Gasteiger partial charge in [-0.1, -0.05) is 66.0 Å². The molecule has 13 heavy (non-hydrogen) atoms. The maximum absolute atomic E-state index is 10.9. The van der Waals surface area contributed by atoms with Crippen LogP contribution in [0.1, 0.15) is 5.56 Å². The molecule has 72 valence electrons. The van der Waals surface area contributed by atoms with Gasteiger partial charge in [0.15, 0.2) is 13.2 Å². The summed E-state index contributed by atoms with van der Waals surface area (Å²) < 4.78 is 19.2. The van der Waals surface area contributed by atoms with Gasteiger partial charge >= 0.3 is 0 Å². The second-order valence-electron chi connectivity index (χ2n) is 2.24. The van der Waals surface area contributed by atoms with Gasteiger partial charge in [0.25, 0.3) is 0 Å². The summed E-state index contributed by atoms with van der Waals surface area (Å²) in [7, 11) is 0. The van der Waals surface area contributed by atoms with E-state index in [0.717, 1.165) is 0 Å². The minimum atomic E-state index is -1.98. The molecule has 0 aliphatic heterocycles. The Morgan fingerprint density at radius 1 is 1.23 bits per heavy atom. The van der Waals surface area contributed by atoms with Gasteiger partial charge in [-0.05, 0) is 6.07 Å². The van der Waals surface area contributed by atoms with Crippen molar-refractivity contribution >= 4 is 58.9 Å². The highest BCUT2D eigenvalue weighted by Gasteiger charge is 2.25. The highest BCUT2D eigenvalue weighted by molar-refractivity contribution is 9.38. The van der Waals surface area contributed by atoms with E-state index in [0.29, 0.717) is 10.5 Å². The summed E-state index contributed by atoms with van der Waals surface area (Å²) >= 11 is 7.90. The molecule has 1 aromatic rings. The topological polar surface area (TPSA) is 37.3 Å². The zero-order chi connectivity index (χ0) is 10.1. The SMILES string of the molecule is O=S(O)c1ccccc1C(Br)(Br)Br. The van der Waals surface area contributed by atoms with Crippen LogP contribution in [-0.2, 0) is 13.2 Å². The fraction of sp³-hybridized carbons (Fsp3) is 0.143. The van der Waals surface area contributed by atoms with Gasteiger partial charge in [-0.15, -0.1) is 0 Å². The van der Waals surface area contributed by atoms with Crippen LogP contribution in [0.5, 0.6) is 0 Å². The Hall–Kier alpha value is 0.770. The number of hydrogen-bond donors (Lipinski definition) is 1. The Kier molecular flexibility index (Phi) is 4.12. The monoisotopic (exact) mass is 390 g/mol. The molecule has 0 spiro atoms. The van der Waals surface area contributed by atoms with Gasteiger partial charge in [0.05, 0.1) is 4.90 Å². The molecular weight excluding hydrogens is 388 g/mol. The molecule has 6 heteroatoms. The van der Waals surface area contributed by atoms with Crippen molar-refractivity contribution in [3.05, 3.63) is 29.8 Å². The Balaban J connectivity index is 3.28. The third kappa shape index (κ3) is 3.13. The number of alkyl halides is 3. The molecular formula is C7H5Br3O2S. The molecule has 0 bridgehead atoms. The average molecular weight is 393 g/mol. The molecule has 1 rings (SSSR count). The molecule has 0 aliphatic carbocycles. The molecule has 2 nitrogen and oxygen atoms in total. The van der Waals surface area contributed by atoms with E-state index in [9.17, 15) is 4.21 Å². The van der Waals surface area contributed by atoms with Crippen LogP contribution in [0, 0.1) is 0 Å². The minimum Gasteiger partial charge on any atom is -0.302 e. The third-order valence-corrected chi connectivity index (χ3v) is 3.39. The quantitative estimate of drug-likeness (QED) is 0.586. The Morgan fingerprint density at radius 2 is 1.77 bits per heavy atom. The van der Waals surface area contributed by atoms with Crippen LogP contribution in [0.3, 0.4) is 0 Å². The Labute approximate surface area is 104 Å². The third-order valence-electron chi connectivity index (χ3n) is 1.38. The molecule has 0 amide bonds. The van der Waals surface area contributed by atoms with Crippen LogP contribution in [0.2, 0.25) is 0 Å². The van der Waals surface area contributed by atoms with Crippen LogP contribution in [-0.4, -0.2) is 8.76 Å². The molecule has 0 radical (unpaired) electrons. The lowest BCUT2D eigenvalue weighted by Crippen LogP contribution is -2.04. The van der Waals surface area contributed by atoms with Crippen molar-refractivity contribution in [2.24, 2.45) is 0 Å². The van der Waals surface area contributed by atoms with E-state index >= 15 is 0 Å². The van der Waals surface area contributed by atoms with Crippen LogP contribution >= 0.6 is 47.8 Å². The molecule has 1 unspecified atom stereocenters. The van der Waals surface area contributed by atoms with Crippen LogP contribution in [0.25, 0.3) is 0 Å². The predicted molar refractivity (Wildman–Crippen MR) is 63.9 cm³/mol. The zero-order valence-corrected chi connectivity index (χ0v) is 11.8. The molecule has 1 N–H and O–H groups in total. The van der Waals surface area contributed by atoms with Crippen molar-refractivity contribution in [3.63, 3.8) is 0 Å². The number of hydrogen-bond acceptors (Lipinski definition) is 1. The van der Waals surface area contributed by atoms with Crippen LogP contribution in [0.15, 0.2) is 29.2 Å². The fourth-order valence-corrected chi connectivity index (χ4v) is 2.89. The lowest BCUT2D eigenvalue weighted by atomic mass is 10.2. The second kappa shape index (κ2) is 4.53. The molecule has 0 saturated carbocycles. The second-order valence-corrected chi connectivity index (χ2v) is 9.94. The van der Waals surface area contributed by atoms with Gasteiger partial charge < -0.3 is 4.55 Å². The van der Waals surface area contributed by atoms with E-state index in [1.165, 1.54) is 0 Å². The van der Waals surface area contributed by atoms with Crippen molar-refractivity contribution in [2.75, 3.05) is 0 Å². The highest BCUT2D eigenvalue weighted by Crippen LogP contribution is 2.46. The average Bonchev–Trinajstić information content (AvgIpc) is 2.03. The van der Waals surface area contributed by atoms with Gasteiger partial charge in [0.2, 0.25) is 0 Å². The molecule has 0 saturated heterocycles. The molecule has 0 fully saturated rings. The first kappa shape index (κ1) is 11.8. The lowest BCUT2D eigenvalue weighted by Gasteiger charge is -2.14. The lowest BCUT2D eigenvalue weighted by molar-refractivity contribution is 0.563. The van der Waals surface area contributed by atoms with E-state index < -0.39 is 13.2 Å². The van der Waals surface area contributed by atoms with Crippen molar-refractivity contribution < 1.29 is 8.76 Å². The number of rotatable bonds is 1. The molecule has 1 aromatic carbocycles. The normalized spacial score (nSPS) is 14.2. The van der Waals surface area contributed by atoms with E-state index in [-0.39, 0.29) is 0 Å². The molecule has 1 atom stereocenters. The van der Waals surface area contributed by atoms with Gasteiger partial charge in [0, 0.05) is 5.56 Å². The summed E-state index contributed by atoms with van der Waals surface area (Å²) in [5.74, 6) is 0. The van der Waals surface area contributed by atoms with E-state index in [4.69, 9.17) is 4.55 Å². The van der Waals surface area contributed by atoms with Gasteiger partial charge in [-0.2, -0.15) is 0 Å². The molecule has 0 heterocycles. The van der Waals surface area contributed by atoms with Crippen molar-refractivity contribution in [2.45, 2.75) is 7.04 Å². The maximum Gasteiger partial charge on any atom is 0.186 e. The van der Waals surface area contributed by atoms with E-state index in [1.807, 2.05) is 0 Å². The fourth-order valence-electron chi connectivity index (χ4n) is 0.853. The largest absolute Gasteiger partial charge is 0.302 e. The first-order chi connectivity index (χ1) is 5.93. The summed E-state index contributed by atoms with van der Waals surface area (Å²) in [6, 6.07) is 6.86. The predicted octanol–water partition coefficient (Wildman–Crippen LogP) is 3.56. The summed E-state index contributed by atoms with van der Waals surface area (Å²) in [6.07, 6.45) is 0. The first-order valence-electron chi connectivity index (χ1n) is 3.20. The Morgan fingerprint density at radius 3 is 2.15 bits per heavy atom. The van der Waals surface area contributed by atoms with Gasteiger partial charge in [0.1, 0.15) is 0 Å². The highest BCUT2D eigenvalue weighted by atomic mass is 80.0. The van der Waals surface area contributed by atoms with E-state index in [1.54, 1.807) is 24.3 Å². The minimum absolute atomic E-state index is 0.369. The summed E-state index contributed by atoms with van der Waals surface area (Å²) in [5.41, 5.74) is 0.677. The first-order valence-corrected chi connectivity index (χ1v) is 6.68. The van der Waals surface area contributed by atoms with Crippen molar-refractivity contribution in [3.8, 4) is 0 Å². The van der Waals surface area contributed by atoms with Crippen molar-refractivity contribution in [1.82, 2.24) is 0 Å². The van der Waals surface area contributed by atoms with E-state index in [2.05, 4.69) is 47.8 Å². The Bertz CT molecular complexity index is 335. The summed E-state index contributed by atoms with van der Waals surface area (Å²) in [6.45, 7) is 0. The number of halogens is 3. The summed E-state index contributed by atoms with van der Waals surface area (Å²) in [5, 5.41) is 0. The molecule has 0 aliphatic rings. The summed E-state index contributed by atoms with van der Waals surface area (Å²) in [4.78, 5) is 0.369. The van der Waals surface area contributed by atoms with Gasteiger partial charge in [-0.3, -0.25) is 0 Å². The standard InChI is InChI=1S/C7H5Br3O2S/c8-7(9,10)5-3-1-2-4-6(5)13(11)12/h1-4H,(H,11,12). The maximum atomic E-state index is 10.9. The van der Waals surface area contributed by atoms with Crippen LogP contribution < -0.4 is 0 Å². The van der Waals surface area contributed by atoms with Crippen LogP contribution in [0.4, 0.5) is 0 Å².